The van der Waals surface area contributed by atoms with Crippen molar-refractivity contribution in [2.45, 2.75) is 12.1 Å². The number of benzene rings is 1. The number of anilines is 1. The summed E-state index contributed by atoms with van der Waals surface area (Å²) in [6.07, 6.45) is -6.02. The summed E-state index contributed by atoms with van der Waals surface area (Å²) in [6.45, 7) is 0. The fraction of sp³-hybridized carbons (Fsp3) is 0.222. The Labute approximate surface area is 102 Å². The zero-order valence-corrected chi connectivity index (χ0v) is 8.87. The molecule has 0 aromatic heterocycles. The quantitative estimate of drug-likeness (QED) is 0.527. The third kappa shape index (κ3) is 3.14. The van der Waals surface area contributed by atoms with E-state index in [1.54, 1.807) is 0 Å². The maximum atomic E-state index is 12.6. The number of hydrogen-bond donors (Lipinski definition) is 1. The minimum Gasteiger partial charge on any atom is -0.321 e. The van der Waals surface area contributed by atoms with Crippen molar-refractivity contribution >= 4 is 17.3 Å². The van der Waals surface area contributed by atoms with Gasteiger partial charge in [0.15, 0.2) is 0 Å². The van der Waals surface area contributed by atoms with Gasteiger partial charge in [-0.15, -0.1) is 0 Å². The number of nitrogens with one attached hydrogen (secondary N) is 1. The van der Waals surface area contributed by atoms with E-state index in [-0.39, 0.29) is 0 Å². The van der Waals surface area contributed by atoms with Crippen LogP contribution in [0, 0.1) is 10.1 Å². The van der Waals surface area contributed by atoms with E-state index in [0.717, 1.165) is 24.3 Å². The summed E-state index contributed by atoms with van der Waals surface area (Å²) >= 11 is 0. The van der Waals surface area contributed by atoms with Gasteiger partial charge in [-0.2, -0.15) is 22.0 Å². The highest BCUT2D eigenvalue weighted by atomic mass is 19.4. The molecule has 0 aliphatic carbocycles. The van der Waals surface area contributed by atoms with Gasteiger partial charge in [0.1, 0.15) is 0 Å². The van der Waals surface area contributed by atoms with E-state index >= 15 is 0 Å². The van der Waals surface area contributed by atoms with Crippen LogP contribution in [0.25, 0.3) is 0 Å². The first-order valence-corrected chi connectivity index (χ1v) is 4.56. The third-order valence-electron chi connectivity index (χ3n) is 1.98. The summed E-state index contributed by atoms with van der Waals surface area (Å²) in [4.78, 5) is 20.3. The Morgan fingerprint density at radius 2 is 1.58 bits per heavy atom. The number of nitro groups is 1. The molecule has 0 saturated heterocycles. The van der Waals surface area contributed by atoms with Crippen molar-refractivity contribution in [1.82, 2.24) is 0 Å². The molecule has 10 heteroatoms. The molecule has 104 valence electrons. The second-order valence-electron chi connectivity index (χ2n) is 3.33. The first-order chi connectivity index (χ1) is 8.55. The van der Waals surface area contributed by atoms with Crippen molar-refractivity contribution in [1.29, 1.82) is 0 Å². The highest BCUT2D eigenvalue weighted by Gasteiger charge is 2.63. The smallest absolute Gasteiger partial charge is 0.321 e. The summed E-state index contributed by atoms with van der Waals surface area (Å²) in [5.41, 5.74) is -0.819. The van der Waals surface area contributed by atoms with E-state index in [4.69, 9.17) is 0 Å². The normalized spacial score (nSPS) is 12.1. The summed E-state index contributed by atoms with van der Waals surface area (Å²) in [6, 6.07) is 3.37. The molecule has 1 N–H and O–H groups in total. The number of carbonyl (C=O) groups is 1. The van der Waals surface area contributed by atoms with E-state index in [1.165, 1.54) is 5.32 Å². The lowest BCUT2D eigenvalue weighted by molar-refractivity contribution is -0.384. The third-order valence-corrected chi connectivity index (χ3v) is 1.98. The minimum atomic E-state index is -6.02. The van der Waals surface area contributed by atoms with Crippen molar-refractivity contribution in [2.24, 2.45) is 0 Å². The highest BCUT2D eigenvalue weighted by molar-refractivity contribution is 5.96. The second kappa shape index (κ2) is 4.78. The molecule has 0 aliphatic rings. The number of non-ortho nitro benzene ring substituents is 1. The zero-order chi connectivity index (χ0) is 14.8. The monoisotopic (exact) mass is 284 g/mol. The molecular weight excluding hydrogens is 279 g/mol. The molecule has 0 bridgehead atoms. The number of carbonyl (C=O) groups excluding carboxylic acids is 1. The van der Waals surface area contributed by atoms with Gasteiger partial charge in [0.2, 0.25) is 0 Å². The van der Waals surface area contributed by atoms with Crippen LogP contribution in [0.1, 0.15) is 0 Å². The summed E-state index contributed by atoms with van der Waals surface area (Å²) in [5.74, 6) is -8.11. The van der Waals surface area contributed by atoms with Crippen molar-refractivity contribution in [3.05, 3.63) is 34.4 Å². The number of amides is 1. The molecule has 1 aromatic rings. The fourth-order valence-corrected chi connectivity index (χ4v) is 1.00. The van der Waals surface area contributed by atoms with Crippen LogP contribution in [0.4, 0.5) is 33.3 Å². The average Bonchev–Trinajstić information content (AvgIpc) is 2.28. The van der Waals surface area contributed by atoms with Gasteiger partial charge in [0, 0.05) is 17.8 Å². The zero-order valence-electron chi connectivity index (χ0n) is 8.87. The molecule has 0 unspecified atom stereocenters. The van der Waals surface area contributed by atoms with E-state index in [1.807, 2.05) is 0 Å². The molecule has 0 spiro atoms. The van der Waals surface area contributed by atoms with Crippen LogP contribution >= 0.6 is 0 Å². The molecule has 0 fully saturated rings. The van der Waals surface area contributed by atoms with Crippen molar-refractivity contribution in [3.63, 3.8) is 0 Å². The molecule has 19 heavy (non-hydrogen) atoms. The number of rotatable bonds is 3. The van der Waals surface area contributed by atoms with Crippen LogP contribution in [0.5, 0.6) is 0 Å². The van der Waals surface area contributed by atoms with Gasteiger partial charge in [-0.3, -0.25) is 14.9 Å². The molecule has 0 aliphatic heterocycles. The number of hydrogen-bond acceptors (Lipinski definition) is 3. The number of halogens is 5. The van der Waals surface area contributed by atoms with Gasteiger partial charge in [0.05, 0.1) is 4.92 Å². The Morgan fingerprint density at radius 3 is 1.95 bits per heavy atom. The predicted molar refractivity (Wildman–Crippen MR) is 52.7 cm³/mol. The maximum absolute atomic E-state index is 12.6. The summed E-state index contributed by atoms with van der Waals surface area (Å²) < 4.78 is 60.7. The Morgan fingerprint density at radius 1 is 1.11 bits per heavy atom. The van der Waals surface area contributed by atoms with Gasteiger partial charge in [-0.05, 0) is 12.1 Å². The van der Waals surface area contributed by atoms with Crippen molar-refractivity contribution in [3.8, 4) is 0 Å². The Balaban J connectivity index is 2.86. The predicted octanol–water partition coefficient (Wildman–Crippen LogP) is 2.73. The molecule has 1 aromatic carbocycles. The van der Waals surface area contributed by atoms with Crippen molar-refractivity contribution < 1.29 is 31.7 Å². The maximum Gasteiger partial charge on any atom is 0.463 e. The Bertz CT molecular complexity index is 498. The van der Waals surface area contributed by atoms with Crippen LogP contribution in [0.15, 0.2) is 24.3 Å². The van der Waals surface area contributed by atoms with Gasteiger partial charge in [-0.25, -0.2) is 0 Å². The van der Waals surface area contributed by atoms with E-state index in [9.17, 15) is 36.9 Å². The van der Waals surface area contributed by atoms with E-state index in [0.29, 0.717) is 0 Å². The Hall–Kier alpha value is -2.26. The van der Waals surface area contributed by atoms with Gasteiger partial charge in [0.25, 0.3) is 5.69 Å². The fourth-order valence-electron chi connectivity index (χ4n) is 1.00. The number of alkyl halides is 5. The molecule has 0 atom stereocenters. The van der Waals surface area contributed by atoms with Crippen LogP contribution < -0.4 is 5.32 Å². The lowest BCUT2D eigenvalue weighted by Crippen LogP contribution is -2.47. The number of nitro benzene ring substituents is 1. The molecule has 0 radical (unpaired) electrons. The topological polar surface area (TPSA) is 72.2 Å². The van der Waals surface area contributed by atoms with Gasteiger partial charge < -0.3 is 5.32 Å². The Kier molecular flexibility index (Phi) is 3.73. The SMILES string of the molecule is O=C(Nc1ccc([N+](=O)[O-])cc1)C(F)(F)C(F)(F)F. The summed E-state index contributed by atoms with van der Waals surface area (Å²) in [5, 5.41) is 11.6. The summed E-state index contributed by atoms with van der Waals surface area (Å²) in [7, 11) is 0. The lowest BCUT2D eigenvalue weighted by atomic mass is 10.2. The van der Waals surface area contributed by atoms with E-state index in [2.05, 4.69) is 0 Å². The van der Waals surface area contributed by atoms with E-state index < -0.39 is 34.3 Å². The van der Waals surface area contributed by atoms with Crippen molar-refractivity contribution in [2.75, 3.05) is 5.32 Å². The van der Waals surface area contributed by atoms with Gasteiger partial charge >= 0.3 is 18.0 Å². The standard InChI is InChI=1S/C9H5F5N2O3/c10-8(11,9(12,13)14)7(17)15-5-1-3-6(4-2-5)16(18)19/h1-4H,(H,15,17). The molecule has 0 saturated carbocycles. The molecule has 1 rings (SSSR count). The first kappa shape index (κ1) is 14.8. The molecule has 0 heterocycles. The minimum absolute atomic E-state index is 0.402. The van der Waals surface area contributed by atoms with Crippen LogP contribution in [0.3, 0.4) is 0 Å². The van der Waals surface area contributed by atoms with Crippen LogP contribution in [-0.4, -0.2) is 22.9 Å². The average molecular weight is 284 g/mol. The van der Waals surface area contributed by atoms with Crippen LogP contribution in [-0.2, 0) is 4.79 Å². The molecule has 1 amide bonds. The van der Waals surface area contributed by atoms with Gasteiger partial charge in [-0.1, -0.05) is 0 Å². The highest BCUT2D eigenvalue weighted by Crippen LogP contribution is 2.36. The second-order valence-corrected chi connectivity index (χ2v) is 3.33. The molecular formula is C9H5F5N2O3. The largest absolute Gasteiger partial charge is 0.463 e. The molecule has 5 nitrogen and oxygen atoms in total. The lowest BCUT2D eigenvalue weighted by Gasteiger charge is -2.18. The number of nitrogens with zero attached hydrogens (tertiary/aromatic N) is 1. The first-order valence-electron chi connectivity index (χ1n) is 4.56. The van der Waals surface area contributed by atoms with Crippen LogP contribution in [0.2, 0.25) is 0 Å².